The van der Waals surface area contributed by atoms with Crippen molar-refractivity contribution < 1.29 is 0 Å². The molecule has 0 saturated carbocycles. The van der Waals surface area contributed by atoms with E-state index in [1.807, 2.05) is 12.1 Å². The monoisotopic (exact) mass is 328 g/mol. The van der Waals surface area contributed by atoms with Gasteiger partial charge in [0.1, 0.15) is 0 Å². The number of halogens is 2. The number of hydrogen-bond donors (Lipinski definition) is 1. The van der Waals surface area contributed by atoms with Crippen LogP contribution in [0.5, 0.6) is 0 Å². The Bertz CT molecular complexity index is 437. The maximum Gasteiger partial charge on any atom is 0.0410 e. The minimum absolute atomic E-state index is 0.404. The first-order chi connectivity index (χ1) is 8.63. The lowest BCUT2D eigenvalue weighted by Gasteiger charge is -2.37. The van der Waals surface area contributed by atoms with Crippen molar-refractivity contribution in [2.45, 2.75) is 50.4 Å². The zero-order chi connectivity index (χ0) is 12.7. The van der Waals surface area contributed by atoms with Crippen molar-refractivity contribution in [3.63, 3.8) is 0 Å². The van der Waals surface area contributed by atoms with Gasteiger partial charge in [-0.2, -0.15) is 0 Å². The van der Waals surface area contributed by atoms with E-state index >= 15 is 0 Å². The predicted molar refractivity (Wildman–Crippen MR) is 78.7 cm³/mol. The molecule has 0 aromatic heterocycles. The second kappa shape index (κ2) is 5.12. The number of fused-ring (bicyclic) bond motifs is 2. The van der Waals surface area contributed by atoms with Crippen LogP contribution in [-0.4, -0.2) is 23.0 Å². The number of piperidine rings is 1. The van der Waals surface area contributed by atoms with Gasteiger partial charge in [0.05, 0.1) is 0 Å². The summed E-state index contributed by atoms with van der Waals surface area (Å²) in [6.07, 6.45) is 4.90. The molecular weight excluding hydrogens is 312 g/mol. The lowest BCUT2D eigenvalue weighted by molar-refractivity contribution is 0.119. The molecule has 2 atom stereocenters. The molecule has 2 nitrogen and oxygen atoms in total. The average Bonchev–Trinajstić information content (AvgIpc) is 2.57. The highest BCUT2D eigenvalue weighted by molar-refractivity contribution is 9.10. The van der Waals surface area contributed by atoms with Gasteiger partial charge in [0.25, 0.3) is 0 Å². The molecule has 2 fully saturated rings. The van der Waals surface area contributed by atoms with E-state index in [-0.39, 0.29) is 0 Å². The van der Waals surface area contributed by atoms with Crippen LogP contribution in [0.4, 0.5) is 0 Å². The minimum Gasteiger partial charge on any atom is -0.328 e. The normalized spacial score (nSPS) is 31.8. The first-order valence-corrected chi connectivity index (χ1v) is 7.76. The second-order valence-electron chi connectivity index (χ2n) is 5.52. The number of nitrogens with two attached hydrogens (primary N) is 1. The summed E-state index contributed by atoms with van der Waals surface area (Å²) in [5, 5.41) is 0.814. The molecule has 0 spiro atoms. The highest BCUT2D eigenvalue weighted by atomic mass is 79.9. The van der Waals surface area contributed by atoms with Crippen molar-refractivity contribution in [1.82, 2.24) is 4.90 Å². The minimum atomic E-state index is 0.404. The fourth-order valence-corrected chi connectivity index (χ4v) is 4.00. The Morgan fingerprint density at radius 1 is 1.28 bits per heavy atom. The molecule has 2 unspecified atom stereocenters. The third-order valence-corrected chi connectivity index (χ3v) is 5.29. The first kappa shape index (κ1) is 12.9. The van der Waals surface area contributed by atoms with Crippen LogP contribution in [0.3, 0.4) is 0 Å². The summed E-state index contributed by atoms with van der Waals surface area (Å²) in [6.45, 7) is 0.989. The Hall–Kier alpha value is -0.0900. The lowest BCUT2D eigenvalue weighted by atomic mass is 9.97. The number of nitrogens with zero attached hydrogens (tertiary/aromatic N) is 1. The predicted octanol–water partition coefficient (Wildman–Crippen LogP) is 3.56. The van der Waals surface area contributed by atoms with Crippen LogP contribution in [-0.2, 0) is 6.54 Å². The molecule has 4 heteroatoms. The van der Waals surface area contributed by atoms with Crippen molar-refractivity contribution in [2.75, 3.05) is 0 Å². The zero-order valence-electron chi connectivity index (χ0n) is 10.3. The van der Waals surface area contributed by atoms with Crippen LogP contribution in [0.25, 0.3) is 0 Å². The molecule has 1 aromatic rings. The van der Waals surface area contributed by atoms with E-state index < -0.39 is 0 Å². The smallest absolute Gasteiger partial charge is 0.0410 e. The van der Waals surface area contributed by atoms with Gasteiger partial charge in [0, 0.05) is 34.2 Å². The van der Waals surface area contributed by atoms with Crippen LogP contribution >= 0.6 is 27.5 Å². The molecule has 2 heterocycles. The molecule has 3 rings (SSSR count). The number of benzene rings is 1. The van der Waals surface area contributed by atoms with E-state index in [1.165, 1.54) is 18.4 Å². The molecule has 2 bridgehead atoms. The van der Waals surface area contributed by atoms with E-state index in [9.17, 15) is 0 Å². The maximum absolute atomic E-state index is 6.11. The molecule has 2 aliphatic rings. The summed E-state index contributed by atoms with van der Waals surface area (Å²) in [5.41, 5.74) is 7.40. The third kappa shape index (κ3) is 2.46. The Labute approximate surface area is 122 Å². The fraction of sp³-hybridized carbons (Fsp3) is 0.571. The highest BCUT2D eigenvalue weighted by Crippen LogP contribution is 2.37. The summed E-state index contributed by atoms with van der Waals surface area (Å²) in [5.74, 6) is 0. The van der Waals surface area contributed by atoms with Crippen LogP contribution < -0.4 is 5.73 Å². The van der Waals surface area contributed by atoms with Crippen molar-refractivity contribution >= 4 is 27.5 Å². The van der Waals surface area contributed by atoms with E-state index in [1.54, 1.807) is 0 Å². The van der Waals surface area contributed by atoms with E-state index in [0.717, 1.165) is 28.9 Å². The summed E-state index contributed by atoms with van der Waals surface area (Å²) < 4.78 is 1.15. The Morgan fingerprint density at radius 3 is 2.61 bits per heavy atom. The van der Waals surface area contributed by atoms with E-state index in [2.05, 4.69) is 26.9 Å². The molecule has 18 heavy (non-hydrogen) atoms. The molecule has 0 aliphatic carbocycles. The van der Waals surface area contributed by atoms with Crippen LogP contribution in [0, 0.1) is 0 Å². The van der Waals surface area contributed by atoms with Gasteiger partial charge < -0.3 is 5.73 Å². The Balaban J connectivity index is 1.79. The van der Waals surface area contributed by atoms with Gasteiger partial charge in [-0.15, -0.1) is 0 Å². The van der Waals surface area contributed by atoms with E-state index in [4.69, 9.17) is 17.3 Å². The van der Waals surface area contributed by atoms with Crippen molar-refractivity contribution in [3.8, 4) is 0 Å². The van der Waals surface area contributed by atoms with Gasteiger partial charge in [-0.1, -0.05) is 27.5 Å². The molecule has 2 N–H and O–H groups in total. The molecule has 0 amide bonds. The number of rotatable bonds is 2. The molecule has 2 aliphatic heterocycles. The number of hydrogen-bond acceptors (Lipinski definition) is 2. The second-order valence-corrected chi connectivity index (χ2v) is 6.82. The molecule has 1 aromatic carbocycles. The maximum atomic E-state index is 6.11. The fourth-order valence-electron chi connectivity index (χ4n) is 3.44. The van der Waals surface area contributed by atoms with Crippen LogP contribution in [0.1, 0.15) is 31.2 Å². The summed E-state index contributed by atoms with van der Waals surface area (Å²) >= 11 is 9.71. The van der Waals surface area contributed by atoms with Gasteiger partial charge in [-0.05, 0) is 49.4 Å². The largest absolute Gasteiger partial charge is 0.328 e. The third-order valence-electron chi connectivity index (χ3n) is 4.28. The average molecular weight is 330 g/mol. The van der Waals surface area contributed by atoms with Crippen molar-refractivity contribution in [2.24, 2.45) is 5.73 Å². The van der Waals surface area contributed by atoms with Crippen LogP contribution in [0.2, 0.25) is 5.02 Å². The van der Waals surface area contributed by atoms with Gasteiger partial charge in [0.2, 0.25) is 0 Å². The summed E-state index contributed by atoms with van der Waals surface area (Å²) in [7, 11) is 0. The van der Waals surface area contributed by atoms with Crippen LogP contribution in [0.15, 0.2) is 22.7 Å². The zero-order valence-corrected chi connectivity index (χ0v) is 12.6. The highest BCUT2D eigenvalue weighted by Gasteiger charge is 2.39. The lowest BCUT2D eigenvalue weighted by Crippen LogP contribution is -2.46. The van der Waals surface area contributed by atoms with Gasteiger partial charge in [-0.25, -0.2) is 0 Å². The Kier molecular flexibility index (Phi) is 3.68. The van der Waals surface area contributed by atoms with Gasteiger partial charge in [-0.3, -0.25) is 4.90 Å². The van der Waals surface area contributed by atoms with Gasteiger partial charge in [0.15, 0.2) is 0 Å². The quantitative estimate of drug-likeness (QED) is 0.899. The molecule has 98 valence electrons. The SMILES string of the molecule is NC1CC2CCC(C1)N2Cc1cc(Cl)ccc1Br. The van der Waals surface area contributed by atoms with E-state index in [0.29, 0.717) is 18.1 Å². The summed E-state index contributed by atoms with van der Waals surface area (Å²) in [6, 6.07) is 7.78. The summed E-state index contributed by atoms with van der Waals surface area (Å²) in [4.78, 5) is 2.62. The topological polar surface area (TPSA) is 29.3 Å². The van der Waals surface area contributed by atoms with Crippen molar-refractivity contribution in [1.29, 1.82) is 0 Å². The molecular formula is C14H18BrClN2. The standard InChI is InChI=1S/C14H18BrClN2/c15-14-4-1-10(16)5-9(14)8-18-12-2-3-13(18)7-11(17)6-12/h1,4-5,11-13H,2-3,6-8,17H2. The first-order valence-electron chi connectivity index (χ1n) is 6.59. The molecule has 0 radical (unpaired) electrons. The van der Waals surface area contributed by atoms with Crippen molar-refractivity contribution in [3.05, 3.63) is 33.3 Å². The van der Waals surface area contributed by atoms with Gasteiger partial charge >= 0.3 is 0 Å². The molecule has 2 saturated heterocycles. The Morgan fingerprint density at radius 2 is 1.94 bits per heavy atom.